The fourth-order valence-corrected chi connectivity index (χ4v) is 1.56. The van der Waals surface area contributed by atoms with Crippen LogP contribution < -0.4 is 14.8 Å². The molecule has 0 saturated carbocycles. The third-order valence-electron chi connectivity index (χ3n) is 2.55. The van der Waals surface area contributed by atoms with Crippen LogP contribution in [0.3, 0.4) is 0 Å². The van der Waals surface area contributed by atoms with E-state index in [0.717, 1.165) is 11.3 Å². The minimum Gasteiger partial charge on any atom is -0.497 e. The molecule has 0 unspecified atom stereocenters. The summed E-state index contributed by atoms with van der Waals surface area (Å²) in [6, 6.07) is 16.5. The maximum atomic E-state index is 11.6. The number of rotatable bonds is 4. The molecule has 0 aliphatic rings. The second-order valence-electron chi connectivity index (χ2n) is 3.90. The Kier molecular flexibility index (Phi) is 4.39. The van der Waals surface area contributed by atoms with Gasteiger partial charge in [0.15, 0.2) is 0 Å². The molecule has 4 heteroatoms. The Labute approximate surface area is 112 Å². The zero-order chi connectivity index (χ0) is 13.5. The van der Waals surface area contributed by atoms with Crippen LogP contribution in [0.1, 0.15) is 5.56 Å². The largest absolute Gasteiger partial charge is 0.497 e. The molecular weight excluding hydrogens is 242 g/mol. The Balaban J connectivity index is 1.83. The number of benzene rings is 2. The number of carbonyl (C=O) groups is 1. The SMILES string of the molecule is COc1ccc(OC(=O)NCc2ccccc2)cc1. The monoisotopic (exact) mass is 257 g/mol. The number of amides is 1. The van der Waals surface area contributed by atoms with Gasteiger partial charge in [0.05, 0.1) is 7.11 Å². The van der Waals surface area contributed by atoms with Gasteiger partial charge < -0.3 is 14.8 Å². The van der Waals surface area contributed by atoms with Gasteiger partial charge in [-0.15, -0.1) is 0 Å². The molecule has 2 aromatic rings. The molecule has 98 valence electrons. The van der Waals surface area contributed by atoms with E-state index in [4.69, 9.17) is 9.47 Å². The van der Waals surface area contributed by atoms with E-state index in [1.165, 1.54) is 0 Å². The maximum absolute atomic E-state index is 11.6. The van der Waals surface area contributed by atoms with Crippen molar-refractivity contribution in [1.82, 2.24) is 5.32 Å². The Morgan fingerprint density at radius 3 is 2.26 bits per heavy atom. The van der Waals surface area contributed by atoms with E-state index in [-0.39, 0.29) is 0 Å². The summed E-state index contributed by atoms with van der Waals surface area (Å²) >= 11 is 0. The van der Waals surface area contributed by atoms with E-state index in [2.05, 4.69) is 5.32 Å². The van der Waals surface area contributed by atoms with Crippen LogP contribution in [0.2, 0.25) is 0 Å². The van der Waals surface area contributed by atoms with Crippen molar-refractivity contribution in [1.29, 1.82) is 0 Å². The normalized spacial score (nSPS) is 9.74. The van der Waals surface area contributed by atoms with Crippen LogP contribution in [0.25, 0.3) is 0 Å². The van der Waals surface area contributed by atoms with E-state index >= 15 is 0 Å². The molecule has 0 radical (unpaired) electrons. The highest BCUT2D eigenvalue weighted by atomic mass is 16.6. The highest BCUT2D eigenvalue weighted by Crippen LogP contribution is 2.16. The summed E-state index contributed by atoms with van der Waals surface area (Å²) in [5.74, 6) is 1.20. The Hall–Kier alpha value is -2.49. The van der Waals surface area contributed by atoms with Gasteiger partial charge in [0.2, 0.25) is 0 Å². The van der Waals surface area contributed by atoms with E-state index in [0.29, 0.717) is 12.3 Å². The molecule has 2 aromatic carbocycles. The minimum atomic E-state index is -0.478. The number of nitrogens with one attached hydrogen (secondary N) is 1. The zero-order valence-electron chi connectivity index (χ0n) is 10.6. The number of carbonyl (C=O) groups excluding carboxylic acids is 1. The van der Waals surface area contributed by atoms with Crippen molar-refractivity contribution in [3.05, 3.63) is 60.2 Å². The predicted molar refractivity (Wildman–Crippen MR) is 72.3 cm³/mol. The van der Waals surface area contributed by atoms with Crippen LogP contribution in [0.5, 0.6) is 11.5 Å². The summed E-state index contributed by atoms with van der Waals surface area (Å²) in [4.78, 5) is 11.6. The van der Waals surface area contributed by atoms with Crippen LogP contribution in [0.4, 0.5) is 4.79 Å². The quantitative estimate of drug-likeness (QED) is 0.916. The van der Waals surface area contributed by atoms with E-state index in [9.17, 15) is 4.79 Å². The summed E-state index contributed by atoms with van der Waals surface area (Å²) in [5, 5.41) is 2.68. The Morgan fingerprint density at radius 2 is 1.63 bits per heavy atom. The van der Waals surface area contributed by atoms with Gasteiger partial charge in [0.25, 0.3) is 0 Å². The summed E-state index contributed by atoms with van der Waals surface area (Å²) in [6.07, 6.45) is -0.478. The maximum Gasteiger partial charge on any atom is 0.412 e. The zero-order valence-corrected chi connectivity index (χ0v) is 10.6. The number of methoxy groups -OCH3 is 1. The summed E-state index contributed by atoms with van der Waals surface area (Å²) in [6.45, 7) is 0.440. The predicted octanol–water partition coefficient (Wildman–Crippen LogP) is 2.98. The van der Waals surface area contributed by atoms with Gasteiger partial charge >= 0.3 is 6.09 Å². The molecule has 1 amide bonds. The summed E-state index contributed by atoms with van der Waals surface area (Å²) in [7, 11) is 1.59. The molecule has 0 aromatic heterocycles. The molecule has 0 aliphatic carbocycles. The third-order valence-corrected chi connectivity index (χ3v) is 2.55. The van der Waals surface area contributed by atoms with Crippen molar-refractivity contribution in [2.45, 2.75) is 6.54 Å². The smallest absolute Gasteiger partial charge is 0.412 e. The molecule has 0 fully saturated rings. The van der Waals surface area contributed by atoms with Crippen LogP contribution in [0.15, 0.2) is 54.6 Å². The molecule has 4 nitrogen and oxygen atoms in total. The molecule has 0 atom stereocenters. The van der Waals surface area contributed by atoms with Crippen molar-refractivity contribution < 1.29 is 14.3 Å². The number of hydrogen-bond acceptors (Lipinski definition) is 3. The second-order valence-corrected chi connectivity index (χ2v) is 3.90. The lowest BCUT2D eigenvalue weighted by Crippen LogP contribution is -2.26. The lowest BCUT2D eigenvalue weighted by molar-refractivity contribution is 0.200. The Morgan fingerprint density at radius 1 is 1.00 bits per heavy atom. The minimum absolute atomic E-state index is 0.440. The average molecular weight is 257 g/mol. The second kappa shape index (κ2) is 6.44. The first-order chi connectivity index (χ1) is 9.28. The molecule has 1 N–H and O–H groups in total. The van der Waals surface area contributed by atoms with Gasteiger partial charge in [-0.3, -0.25) is 0 Å². The molecular formula is C15H15NO3. The highest BCUT2D eigenvalue weighted by molar-refractivity contribution is 5.70. The first-order valence-corrected chi connectivity index (χ1v) is 5.91. The fraction of sp³-hybridized carbons (Fsp3) is 0.133. The van der Waals surface area contributed by atoms with Crippen LogP contribution >= 0.6 is 0 Å². The lowest BCUT2D eigenvalue weighted by atomic mass is 10.2. The molecule has 2 rings (SSSR count). The first kappa shape index (κ1) is 13.0. The van der Waals surface area contributed by atoms with Gasteiger partial charge in [0, 0.05) is 6.54 Å². The van der Waals surface area contributed by atoms with E-state index in [1.807, 2.05) is 30.3 Å². The molecule has 0 saturated heterocycles. The van der Waals surface area contributed by atoms with E-state index in [1.54, 1.807) is 31.4 Å². The topological polar surface area (TPSA) is 47.6 Å². The van der Waals surface area contributed by atoms with Crippen molar-refractivity contribution in [3.8, 4) is 11.5 Å². The van der Waals surface area contributed by atoms with E-state index < -0.39 is 6.09 Å². The van der Waals surface area contributed by atoms with Crippen molar-refractivity contribution in [3.63, 3.8) is 0 Å². The van der Waals surface area contributed by atoms with Gasteiger partial charge in [-0.2, -0.15) is 0 Å². The summed E-state index contributed by atoms with van der Waals surface area (Å²) < 4.78 is 10.2. The van der Waals surface area contributed by atoms with Crippen molar-refractivity contribution in [2.75, 3.05) is 7.11 Å². The van der Waals surface area contributed by atoms with Gasteiger partial charge in [-0.05, 0) is 29.8 Å². The van der Waals surface area contributed by atoms with Gasteiger partial charge in [-0.1, -0.05) is 30.3 Å². The molecule has 0 bridgehead atoms. The molecule has 0 spiro atoms. The number of ether oxygens (including phenoxy) is 2. The number of hydrogen-bond donors (Lipinski definition) is 1. The average Bonchev–Trinajstić information content (AvgIpc) is 2.47. The summed E-state index contributed by atoms with van der Waals surface area (Å²) in [5.41, 5.74) is 1.02. The third kappa shape index (κ3) is 4.03. The first-order valence-electron chi connectivity index (χ1n) is 5.91. The van der Waals surface area contributed by atoms with Crippen molar-refractivity contribution >= 4 is 6.09 Å². The van der Waals surface area contributed by atoms with Crippen LogP contribution in [0, 0.1) is 0 Å². The standard InChI is InChI=1S/C15H15NO3/c1-18-13-7-9-14(10-8-13)19-15(17)16-11-12-5-3-2-4-6-12/h2-10H,11H2,1H3,(H,16,17). The van der Waals surface area contributed by atoms with Gasteiger partial charge in [-0.25, -0.2) is 4.79 Å². The van der Waals surface area contributed by atoms with Crippen LogP contribution in [-0.2, 0) is 6.54 Å². The van der Waals surface area contributed by atoms with Gasteiger partial charge in [0.1, 0.15) is 11.5 Å². The highest BCUT2D eigenvalue weighted by Gasteiger charge is 2.04. The Bertz CT molecular complexity index is 523. The van der Waals surface area contributed by atoms with Crippen LogP contribution in [-0.4, -0.2) is 13.2 Å². The molecule has 0 aliphatic heterocycles. The molecule has 19 heavy (non-hydrogen) atoms. The molecule has 0 heterocycles. The van der Waals surface area contributed by atoms with Crippen molar-refractivity contribution in [2.24, 2.45) is 0 Å². The lowest BCUT2D eigenvalue weighted by Gasteiger charge is -2.07. The fourth-order valence-electron chi connectivity index (χ4n) is 1.56.